The number of aromatic nitrogens is 2. The van der Waals surface area contributed by atoms with Gasteiger partial charge in [0.25, 0.3) is 0 Å². The lowest BCUT2D eigenvalue weighted by molar-refractivity contribution is -0.106. The van der Waals surface area contributed by atoms with Crippen LogP contribution in [0, 0.1) is 6.92 Å². The summed E-state index contributed by atoms with van der Waals surface area (Å²) >= 11 is 0. The third kappa shape index (κ3) is 2.62. The Hall–Kier alpha value is -0.910. The molecule has 1 aromatic heterocycles. The van der Waals surface area contributed by atoms with Gasteiger partial charge in [-0.2, -0.15) is 5.10 Å². The van der Waals surface area contributed by atoms with Crippen molar-refractivity contribution in [2.75, 3.05) is 6.61 Å². The van der Waals surface area contributed by atoms with Crippen molar-refractivity contribution in [3.05, 3.63) is 17.5 Å². The van der Waals surface area contributed by atoms with Crippen LogP contribution in [0.2, 0.25) is 0 Å². The number of aryl methyl sites for hydroxylation is 1. The van der Waals surface area contributed by atoms with Crippen molar-refractivity contribution in [1.29, 1.82) is 0 Å². The summed E-state index contributed by atoms with van der Waals surface area (Å²) < 4.78 is 20.1. The first kappa shape index (κ1) is 15.0. The summed E-state index contributed by atoms with van der Waals surface area (Å²) in [7, 11) is 0. The first-order valence-corrected chi connectivity index (χ1v) is 7.83. The van der Waals surface area contributed by atoms with Crippen molar-refractivity contribution in [2.24, 2.45) is 0 Å². The number of rotatable bonds is 2. The molecule has 2 aliphatic rings. The van der Waals surface area contributed by atoms with Gasteiger partial charge in [0.05, 0.1) is 22.6 Å². The van der Waals surface area contributed by atoms with Crippen molar-refractivity contribution >= 4 is 0 Å². The van der Waals surface area contributed by atoms with E-state index in [0.717, 1.165) is 30.8 Å². The Morgan fingerprint density at radius 2 is 1.81 bits per heavy atom. The Morgan fingerprint density at radius 3 is 2.38 bits per heavy atom. The Kier molecular flexibility index (Phi) is 3.62. The number of nitrogens with zero attached hydrogens (tertiary/aromatic N) is 2. The highest BCUT2D eigenvalue weighted by Crippen LogP contribution is 2.45. The van der Waals surface area contributed by atoms with Crippen LogP contribution in [-0.4, -0.2) is 27.6 Å². The van der Waals surface area contributed by atoms with Gasteiger partial charge in [0.1, 0.15) is 0 Å². The molecule has 3 rings (SSSR count). The molecule has 0 N–H and O–H groups in total. The van der Waals surface area contributed by atoms with E-state index in [1.165, 1.54) is 6.42 Å². The lowest BCUT2D eigenvalue weighted by atomic mass is 9.90. The van der Waals surface area contributed by atoms with Crippen LogP contribution in [0.3, 0.4) is 0 Å². The molecule has 0 amide bonds. The molecule has 2 fully saturated rings. The zero-order valence-corrected chi connectivity index (χ0v) is 13.7. The van der Waals surface area contributed by atoms with Crippen LogP contribution < -0.4 is 0 Å². The van der Waals surface area contributed by atoms with Gasteiger partial charge in [-0.3, -0.25) is 0 Å². The van der Waals surface area contributed by atoms with E-state index >= 15 is 0 Å². The quantitative estimate of drug-likeness (QED) is 0.837. The molecule has 0 radical (unpaired) electrons. The smallest absolute Gasteiger partial charge is 0.202 e. The van der Waals surface area contributed by atoms with Crippen LogP contribution in [0.1, 0.15) is 70.9 Å². The molecule has 0 spiro atoms. The molecule has 0 saturated carbocycles. The van der Waals surface area contributed by atoms with Gasteiger partial charge in [-0.25, -0.2) is 4.68 Å². The standard InChI is InChI=1S/C16H26N2O3/c1-11-10-12(14-20-15(2,3)16(4,5)21-14)18(17-11)13-8-6-7-9-19-13/h10,13-14H,6-9H2,1-5H3. The van der Waals surface area contributed by atoms with E-state index in [0.29, 0.717) is 0 Å². The largest absolute Gasteiger partial charge is 0.357 e. The van der Waals surface area contributed by atoms with Crippen molar-refractivity contribution in [3.8, 4) is 0 Å². The molecule has 21 heavy (non-hydrogen) atoms. The Balaban J connectivity index is 1.89. The molecular formula is C16H26N2O3. The third-order valence-electron chi connectivity index (χ3n) is 4.81. The van der Waals surface area contributed by atoms with Crippen LogP contribution in [0.15, 0.2) is 6.07 Å². The topological polar surface area (TPSA) is 45.5 Å². The van der Waals surface area contributed by atoms with Crippen LogP contribution >= 0.6 is 0 Å². The van der Waals surface area contributed by atoms with Gasteiger partial charge in [-0.15, -0.1) is 0 Å². The second kappa shape index (κ2) is 5.07. The normalized spacial score (nSPS) is 28.9. The average Bonchev–Trinajstić information content (AvgIpc) is 2.89. The Bertz CT molecular complexity index is 500. The Labute approximate surface area is 126 Å². The summed E-state index contributed by atoms with van der Waals surface area (Å²) in [5.41, 5.74) is 1.24. The van der Waals surface area contributed by atoms with E-state index in [4.69, 9.17) is 14.2 Å². The lowest BCUT2D eigenvalue weighted by Crippen LogP contribution is -2.41. The molecule has 5 nitrogen and oxygen atoms in total. The fourth-order valence-corrected chi connectivity index (χ4v) is 2.82. The highest BCUT2D eigenvalue weighted by atomic mass is 16.7. The van der Waals surface area contributed by atoms with Crippen LogP contribution in [0.5, 0.6) is 0 Å². The van der Waals surface area contributed by atoms with Crippen LogP contribution in [0.4, 0.5) is 0 Å². The summed E-state index contributed by atoms with van der Waals surface area (Å²) in [6.45, 7) is 11.1. The minimum atomic E-state index is -0.387. The molecule has 0 bridgehead atoms. The minimum Gasteiger partial charge on any atom is -0.357 e. The van der Waals surface area contributed by atoms with Crippen molar-refractivity contribution in [3.63, 3.8) is 0 Å². The maximum atomic E-state index is 6.16. The van der Waals surface area contributed by atoms with E-state index < -0.39 is 0 Å². The Morgan fingerprint density at radius 1 is 1.14 bits per heavy atom. The highest BCUT2D eigenvalue weighted by molar-refractivity contribution is 5.13. The molecule has 118 valence electrons. The molecular weight excluding hydrogens is 268 g/mol. The molecule has 0 aliphatic carbocycles. The summed E-state index contributed by atoms with van der Waals surface area (Å²) in [4.78, 5) is 0. The van der Waals surface area contributed by atoms with Crippen molar-refractivity contribution in [1.82, 2.24) is 9.78 Å². The van der Waals surface area contributed by atoms with E-state index in [2.05, 4.69) is 32.8 Å². The van der Waals surface area contributed by atoms with E-state index in [1.54, 1.807) is 0 Å². The predicted octanol–water partition coefficient (Wildman–Crippen LogP) is 3.49. The van der Waals surface area contributed by atoms with Gasteiger partial charge >= 0.3 is 0 Å². The van der Waals surface area contributed by atoms with Gasteiger partial charge in [0, 0.05) is 6.61 Å². The van der Waals surface area contributed by atoms with E-state index in [1.807, 2.05) is 17.7 Å². The molecule has 1 aromatic rings. The summed E-state index contributed by atoms with van der Waals surface area (Å²) in [6.07, 6.45) is 2.91. The van der Waals surface area contributed by atoms with Gasteiger partial charge < -0.3 is 14.2 Å². The molecule has 1 atom stereocenters. The first-order chi connectivity index (χ1) is 9.80. The maximum Gasteiger partial charge on any atom is 0.202 e. The summed E-state index contributed by atoms with van der Waals surface area (Å²) in [5.74, 6) is 0. The van der Waals surface area contributed by atoms with Gasteiger partial charge in [0.15, 0.2) is 6.23 Å². The second-order valence-electron chi connectivity index (χ2n) is 7.06. The van der Waals surface area contributed by atoms with Crippen LogP contribution in [0.25, 0.3) is 0 Å². The zero-order chi connectivity index (χ0) is 15.3. The number of hydrogen-bond donors (Lipinski definition) is 0. The molecule has 2 saturated heterocycles. The highest BCUT2D eigenvalue weighted by Gasteiger charge is 2.50. The van der Waals surface area contributed by atoms with Crippen molar-refractivity contribution < 1.29 is 14.2 Å². The zero-order valence-electron chi connectivity index (χ0n) is 13.7. The van der Waals surface area contributed by atoms with E-state index in [9.17, 15) is 0 Å². The third-order valence-corrected chi connectivity index (χ3v) is 4.81. The van der Waals surface area contributed by atoms with Gasteiger partial charge in [0.2, 0.25) is 6.29 Å². The van der Waals surface area contributed by atoms with E-state index in [-0.39, 0.29) is 23.7 Å². The fourth-order valence-electron chi connectivity index (χ4n) is 2.82. The van der Waals surface area contributed by atoms with Gasteiger partial charge in [-0.1, -0.05) is 0 Å². The average molecular weight is 294 g/mol. The maximum absolute atomic E-state index is 6.16. The first-order valence-electron chi connectivity index (χ1n) is 7.83. The van der Waals surface area contributed by atoms with Crippen molar-refractivity contribution in [2.45, 2.75) is 77.6 Å². The second-order valence-corrected chi connectivity index (χ2v) is 7.06. The summed E-state index contributed by atoms with van der Waals surface area (Å²) in [5, 5.41) is 4.61. The SMILES string of the molecule is Cc1cc(C2OC(C)(C)C(C)(C)O2)n(C2CCCCO2)n1. The molecule has 5 heteroatoms. The van der Waals surface area contributed by atoms with Gasteiger partial charge in [-0.05, 0) is 59.9 Å². The predicted molar refractivity (Wildman–Crippen MR) is 78.9 cm³/mol. The molecule has 1 unspecified atom stereocenters. The van der Waals surface area contributed by atoms with Crippen LogP contribution in [-0.2, 0) is 14.2 Å². The molecule has 3 heterocycles. The number of ether oxygens (including phenoxy) is 3. The summed E-state index contributed by atoms with van der Waals surface area (Å²) in [6, 6.07) is 2.04. The molecule has 2 aliphatic heterocycles. The minimum absolute atomic E-state index is 0.00137. The molecule has 0 aromatic carbocycles. The number of hydrogen-bond acceptors (Lipinski definition) is 4. The monoisotopic (exact) mass is 294 g/mol. The fraction of sp³-hybridized carbons (Fsp3) is 0.812. The lowest BCUT2D eigenvalue weighted by Gasteiger charge is -2.30.